The zero-order valence-electron chi connectivity index (χ0n) is 12.1. The van der Waals surface area contributed by atoms with Crippen LogP contribution in [0.2, 0.25) is 5.15 Å². The lowest BCUT2D eigenvalue weighted by atomic mass is 9.86. The molecular formula is C15H20ClN3S. The van der Waals surface area contributed by atoms with Crippen molar-refractivity contribution in [3.05, 3.63) is 22.4 Å². The Balaban J connectivity index is 1.84. The molecule has 0 amide bonds. The van der Waals surface area contributed by atoms with Crippen LogP contribution < -0.4 is 0 Å². The summed E-state index contributed by atoms with van der Waals surface area (Å²) in [5.41, 5.74) is 0. The lowest BCUT2D eigenvalue weighted by molar-refractivity contribution is 0.0707. The van der Waals surface area contributed by atoms with Crippen LogP contribution in [0.15, 0.2) is 11.4 Å². The van der Waals surface area contributed by atoms with Crippen LogP contribution >= 0.6 is 22.9 Å². The molecular weight excluding hydrogens is 290 g/mol. The molecule has 0 aromatic carbocycles. The monoisotopic (exact) mass is 309 g/mol. The third-order valence-electron chi connectivity index (χ3n) is 4.39. The minimum absolute atomic E-state index is 0.576. The highest BCUT2D eigenvalue weighted by Crippen LogP contribution is 2.29. The maximum absolute atomic E-state index is 6.25. The largest absolute Gasteiger partial charge is 0.293 e. The van der Waals surface area contributed by atoms with Gasteiger partial charge in [-0.15, -0.1) is 11.3 Å². The second kappa shape index (κ2) is 5.58. The lowest BCUT2D eigenvalue weighted by Crippen LogP contribution is -2.45. The van der Waals surface area contributed by atoms with Crippen LogP contribution in [0.4, 0.5) is 0 Å². The van der Waals surface area contributed by atoms with E-state index in [1.54, 1.807) is 11.3 Å². The maximum Gasteiger partial charge on any atom is 0.145 e. The predicted octanol–water partition coefficient (Wildman–Crippen LogP) is 4.21. The molecule has 3 rings (SSSR count). The molecule has 0 N–H and O–H groups in total. The van der Waals surface area contributed by atoms with Gasteiger partial charge in [0.2, 0.25) is 0 Å². The highest BCUT2D eigenvalue weighted by Gasteiger charge is 2.29. The summed E-state index contributed by atoms with van der Waals surface area (Å²) in [5, 5.41) is 3.56. The molecule has 5 heteroatoms. The standard InChI is InChI=1S/C15H20ClN3S/c1-9-6-10(2)11(3)19(7-9)8-13-17-14(16)12-4-5-20-15(12)18-13/h4-5,9-11H,6-8H2,1-3H3. The Morgan fingerprint density at radius 1 is 1.35 bits per heavy atom. The quantitative estimate of drug-likeness (QED) is 0.778. The number of piperidine rings is 1. The van der Waals surface area contributed by atoms with Crippen molar-refractivity contribution in [1.82, 2.24) is 14.9 Å². The minimum Gasteiger partial charge on any atom is -0.293 e. The Morgan fingerprint density at radius 3 is 2.95 bits per heavy atom. The highest BCUT2D eigenvalue weighted by atomic mass is 35.5. The van der Waals surface area contributed by atoms with E-state index in [1.165, 1.54) is 6.42 Å². The van der Waals surface area contributed by atoms with Gasteiger partial charge in [-0.05, 0) is 36.6 Å². The Morgan fingerprint density at radius 2 is 2.15 bits per heavy atom. The molecule has 0 bridgehead atoms. The Kier molecular flexibility index (Phi) is 3.98. The first-order valence-electron chi connectivity index (χ1n) is 7.18. The molecule has 1 aliphatic rings. The lowest BCUT2D eigenvalue weighted by Gasteiger charge is -2.40. The van der Waals surface area contributed by atoms with E-state index in [-0.39, 0.29) is 0 Å². The maximum atomic E-state index is 6.25. The summed E-state index contributed by atoms with van der Waals surface area (Å²) in [4.78, 5) is 12.6. The zero-order chi connectivity index (χ0) is 14.3. The van der Waals surface area contributed by atoms with E-state index >= 15 is 0 Å². The smallest absolute Gasteiger partial charge is 0.145 e. The minimum atomic E-state index is 0.576. The number of hydrogen-bond donors (Lipinski definition) is 0. The summed E-state index contributed by atoms with van der Waals surface area (Å²) in [5.74, 6) is 2.31. The van der Waals surface area contributed by atoms with Crippen molar-refractivity contribution in [2.45, 2.75) is 39.8 Å². The molecule has 0 saturated carbocycles. The van der Waals surface area contributed by atoms with Gasteiger partial charge in [-0.3, -0.25) is 4.90 Å². The first-order valence-corrected chi connectivity index (χ1v) is 8.44. The van der Waals surface area contributed by atoms with Crippen molar-refractivity contribution in [3.63, 3.8) is 0 Å². The van der Waals surface area contributed by atoms with Gasteiger partial charge in [0, 0.05) is 18.0 Å². The van der Waals surface area contributed by atoms with Crippen molar-refractivity contribution in [2.75, 3.05) is 6.54 Å². The Bertz CT molecular complexity index is 612. The fraction of sp³-hybridized carbons (Fsp3) is 0.600. The molecule has 3 heterocycles. The van der Waals surface area contributed by atoms with Gasteiger partial charge in [0.1, 0.15) is 15.8 Å². The van der Waals surface area contributed by atoms with Gasteiger partial charge in [-0.25, -0.2) is 9.97 Å². The van der Waals surface area contributed by atoms with Crippen molar-refractivity contribution < 1.29 is 0 Å². The van der Waals surface area contributed by atoms with Crippen LogP contribution in [0.1, 0.15) is 33.0 Å². The molecule has 2 aromatic heterocycles. The second-order valence-corrected chi connectivity index (χ2v) is 7.31. The first-order chi connectivity index (χ1) is 9.54. The molecule has 108 valence electrons. The van der Waals surface area contributed by atoms with Crippen molar-refractivity contribution in [1.29, 1.82) is 0 Å². The van der Waals surface area contributed by atoms with E-state index in [2.05, 4.69) is 35.6 Å². The van der Waals surface area contributed by atoms with Gasteiger partial charge in [0.15, 0.2) is 0 Å². The SMILES string of the molecule is CC1CC(C)C(C)N(Cc2nc(Cl)c3ccsc3n2)C1. The van der Waals surface area contributed by atoms with E-state index in [9.17, 15) is 0 Å². The summed E-state index contributed by atoms with van der Waals surface area (Å²) in [6, 6.07) is 2.56. The number of nitrogens with zero attached hydrogens (tertiary/aromatic N) is 3. The van der Waals surface area contributed by atoms with Crippen LogP contribution in [0, 0.1) is 11.8 Å². The van der Waals surface area contributed by atoms with Gasteiger partial charge >= 0.3 is 0 Å². The zero-order valence-corrected chi connectivity index (χ0v) is 13.7. The average Bonchev–Trinajstić information content (AvgIpc) is 2.84. The fourth-order valence-corrected chi connectivity index (χ4v) is 4.24. The van der Waals surface area contributed by atoms with Gasteiger partial charge in [0.25, 0.3) is 0 Å². The molecule has 2 aromatic rings. The Hall–Kier alpha value is -0.710. The summed E-state index contributed by atoms with van der Waals surface area (Å²) in [6.07, 6.45) is 1.31. The summed E-state index contributed by atoms with van der Waals surface area (Å²) in [7, 11) is 0. The molecule has 0 spiro atoms. The number of rotatable bonds is 2. The number of hydrogen-bond acceptors (Lipinski definition) is 4. The van der Waals surface area contributed by atoms with Crippen molar-refractivity contribution in [3.8, 4) is 0 Å². The van der Waals surface area contributed by atoms with Gasteiger partial charge in [-0.2, -0.15) is 0 Å². The number of aromatic nitrogens is 2. The molecule has 1 fully saturated rings. The summed E-state index contributed by atoms with van der Waals surface area (Å²) >= 11 is 7.88. The van der Waals surface area contributed by atoms with Crippen LogP contribution in [0.25, 0.3) is 10.2 Å². The topological polar surface area (TPSA) is 29.0 Å². The molecule has 0 aliphatic carbocycles. The summed E-state index contributed by atoms with van der Waals surface area (Å²) in [6.45, 7) is 8.88. The molecule has 3 nitrogen and oxygen atoms in total. The van der Waals surface area contributed by atoms with Gasteiger partial charge in [-0.1, -0.05) is 25.4 Å². The molecule has 3 atom stereocenters. The van der Waals surface area contributed by atoms with Crippen molar-refractivity contribution >= 4 is 33.2 Å². The molecule has 3 unspecified atom stereocenters. The Labute approximate surface area is 129 Å². The van der Waals surface area contributed by atoms with E-state index in [1.807, 2.05) is 11.4 Å². The van der Waals surface area contributed by atoms with Crippen LogP contribution in [-0.4, -0.2) is 27.5 Å². The van der Waals surface area contributed by atoms with E-state index in [0.29, 0.717) is 11.2 Å². The normalized spacial score (nSPS) is 28.1. The number of thiophene rings is 1. The van der Waals surface area contributed by atoms with Crippen LogP contribution in [0.5, 0.6) is 0 Å². The van der Waals surface area contributed by atoms with Crippen molar-refractivity contribution in [2.24, 2.45) is 11.8 Å². The van der Waals surface area contributed by atoms with Crippen LogP contribution in [0.3, 0.4) is 0 Å². The van der Waals surface area contributed by atoms with Crippen LogP contribution in [-0.2, 0) is 6.54 Å². The predicted molar refractivity (Wildman–Crippen MR) is 85.2 cm³/mol. The fourth-order valence-electron chi connectivity index (χ4n) is 3.15. The van der Waals surface area contributed by atoms with E-state index in [0.717, 1.165) is 41.0 Å². The second-order valence-electron chi connectivity index (χ2n) is 6.06. The highest BCUT2D eigenvalue weighted by molar-refractivity contribution is 7.16. The molecule has 20 heavy (non-hydrogen) atoms. The van der Waals surface area contributed by atoms with Gasteiger partial charge < -0.3 is 0 Å². The average molecular weight is 310 g/mol. The first kappa shape index (κ1) is 14.2. The summed E-state index contributed by atoms with van der Waals surface area (Å²) < 4.78 is 0. The third kappa shape index (κ3) is 2.69. The molecule has 0 radical (unpaired) electrons. The number of likely N-dealkylation sites (tertiary alicyclic amines) is 1. The number of halogens is 1. The van der Waals surface area contributed by atoms with Gasteiger partial charge in [0.05, 0.1) is 6.54 Å². The third-order valence-corrected chi connectivity index (χ3v) is 5.48. The van der Waals surface area contributed by atoms with E-state index < -0.39 is 0 Å². The molecule has 1 saturated heterocycles. The van der Waals surface area contributed by atoms with E-state index in [4.69, 9.17) is 11.6 Å². The number of fused-ring (bicyclic) bond motifs is 1. The molecule has 1 aliphatic heterocycles.